The van der Waals surface area contributed by atoms with Gasteiger partial charge in [-0.1, -0.05) is 149 Å². The molecule has 0 spiro atoms. The Balaban J connectivity index is 3.90. The summed E-state index contributed by atoms with van der Waals surface area (Å²) in [5, 5.41) is 0. The first kappa shape index (κ1) is 31.5. The molecule has 192 valence electrons. The molecule has 32 heavy (non-hydrogen) atoms. The van der Waals surface area contributed by atoms with Crippen molar-refractivity contribution in [1.29, 1.82) is 0 Å². The fraction of sp³-hybridized carbons (Fsp3) is 0.967. The predicted molar refractivity (Wildman–Crippen MR) is 142 cm³/mol. The molecule has 0 bridgehead atoms. The molecule has 0 aromatic carbocycles. The predicted octanol–water partition coefficient (Wildman–Crippen LogP) is 10.6. The summed E-state index contributed by atoms with van der Waals surface area (Å²) >= 11 is 0. The lowest BCUT2D eigenvalue weighted by atomic mass is 9.79. The maximum absolute atomic E-state index is 12.9. The Bertz CT molecular complexity index is 392. The first-order valence-corrected chi connectivity index (χ1v) is 14.8. The molecule has 0 heterocycles. The maximum atomic E-state index is 12.9. The molecule has 0 aromatic rings. The van der Waals surface area contributed by atoms with Gasteiger partial charge in [-0.05, 0) is 26.2 Å². The average Bonchev–Trinajstić information content (AvgIpc) is 2.79. The third-order valence-corrected chi connectivity index (χ3v) is 7.14. The van der Waals surface area contributed by atoms with Gasteiger partial charge < -0.3 is 4.74 Å². The third-order valence-electron chi connectivity index (χ3n) is 7.14. The van der Waals surface area contributed by atoms with Gasteiger partial charge in [0, 0.05) is 0 Å². The van der Waals surface area contributed by atoms with Crippen molar-refractivity contribution in [3.8, 4) is 0 Å². The van der Waals surface area contributed by atoms with Gasteiger partial charge in [-0.3, -0.25) is 4.79 Å². The van der Waals surface area contributed by atoms with Gasteiger partial charge in [0.2, 0.25) is 0 Å². The van der Waals surface area contributed by atoms with E-state index >= 15 is 0 Å². The minimum atomic E-state index is -0.267. The number of carbonyl (C=O) groups excluding carboxylic acids is 1. The summed E-state index contributed by atoms with van der Waals surface area (Å²) < 4.78 is 5.79. The lowest BCUT2D eigenvalue weighted by molar-refractivity contribution is -0.156. The number of hydrogen-bond donors (Lipinski definition) is 0. The van der Waals surface area contributed by atoms with Crippen molar-refractivity contribution in [3.63, 3.8) is 0 Å². The number of hydrogen-bond acceptors (Lipinski definition) is 2. The van der Waals surface area contributed by atoms with Crippen LogP contribution >= 0.6 is 0 Å². The number of ether oxygens (including phenoxy) is 1. The van der Waals surface area contributed by atoms with Crippen LogP contribution in [0.5, 0.6) is 0 Å². The molecule has 0 aliphatic rings. The number of rotatable bonds is 25. The molecule has 0 N–H and O–H groups in total. The van der Waals surface area contributed by atoms with Gasteiger partial charge in [-0.25, -0.2) is 0 Å². The molecule has 0 fully saturated rings. The molecule has 2 nitrogen and oxygen atoms in total. The van der Waals surface area contributed by atoms with E-state index in [9.17, 15) is 4.79 Å². The Morgan fingerprint density at radius 2 is 0.812 bits per heavy atom. The Morgan fingerprint density at radius 1 is 0.500 bits per heavy atom. The number of carbonyl (C=O) groups is 1. The zero-order valence-electron chi connectivity index (χ0n) is 22.8. The molecule has 0 radical (unpaired) electrons. The lowest BCUT2D eigenvalue weighted by Crippen LogP contribution is -2.30. The Hall–Kier alpha value is -0.530. The van der Waals surface area contributed by atoms with Crippen LogP contribution in [0.3, 0.4) is 0 Å². The van der Waals surface area contributed by atoms with E-state index in [0.29, 0.717) is 6.61 Å². The van der Waals surface area contributed by atoms with E-state index in [1.165, 1.54) is 122 Å². The minimum absolute atomic E-state index is 0.0743. The summed E-state index contributed by atoms with van der Waals surface area (Å²) in [5.74, 6) is 0.0743. The van der Waals surface area contributed by atoms with Gasteiger partial charge >= 0.3 is 5.97 Å². The molecule has 2 heteroatoms. The second-order valence-corrected chi connectivity index (χ2v) is 10.6. The topological polar surface area (TPSA) is 26.3 Å². The highest BCUT2D eigenvalue weighted by Crippen LogP contribution is 2.33. The fourth-order valence-electron chi connectivity index (χ4n) is 4.67. The molecule has 0 aliphatic carbocycles. The van der Waals surface area contributed by atoms with Crippen molar-refractivity contribution in [1.82, 2.24) is 0 Å². The second kappa shape index (κ2) is 23.6. The lowest BCUT2D eigenvalue weighted by Gasteiger charge is -2.27. The van der Waals surface area contributed by atoms with Gasteiger partial charge in [-0.15, -0.1) is 0 Å². The summed E-state index contributed by atoms with van der Waals surface area (Å²) in [6, 6.07) is 0. The van der Waals surface area contributed by atoms with Crippen LogP contribution in [0.1, 0.15) is 175 Å². The van der Waals surface area contributed by atoms with E-state index in [2.05, 4.69) is 27.7 Å². The van der Waals surface area contributed by atoms with E-state index in [1.54, 1.807) is 0 Å². The van der Waals surface area contributed by atoms with E-state index in [-0.39, 0.29) is 11.4 Å². The summed E-state index contributed by atoms with van der Waals surface area (Å²) in [6.07, 6.45) is 29.4. The van der Waals surface area contributed by atoms with E-state index in [4.69, 9.17) is 4.74 Å². The normalized spacial score (nSPS) is 13.2. The molecule has 0 aromatic heterocycles. The first-order chi connectivity index (χ1) is 15.6. The molecule has 1 atom stereocenters. The van der Waals surface area contributed by atoms with E-state index in [1.807, 2.05) is 0 Å². The Kier molecular flexibility index (Phi) is 23.2. The van der Waals surface area contributed by atoms with Crippen LogP contribution in [-0.4, -0.2) is 12.6 Å². The zero-order chi connectivity index (χ0) is 23.8. The maximum Gasteiger partial charge on any atom is 0.311 e. The van der Waals surface area contributed by atoms with Crippen LogP contribution in [0.2, 0.25) is 0 Å². The Morgan fingerprint density at radius 3 is 1.25 bits per heavy atom. The molecule has 1 unspecified atom stereocenters. The van der Waals surface area contributed by atoms with E-state index < -0.39 is 0 Å². The van der Waals surface area contributed by atoms with Crippen molar-refractivity contribution >= 4 is 5.97 Å². The molecular formula is C30H60O2. The van der Waals surface area contributed by atoms with Crippen LogP contribution < -0.4 is 0 Å². The van der Waals surface area contributed by atoms with E-state index in [0.717, 1.165) is 25.7 Å². The average molecular weight is 453 g/mol. The highest BCUT2D eigenvalue weighted by molar-refractivity contribution is 5.76. The van der Waals surface area contributed by atoms with Gasteiger partial charge in [-0.2, -0.15) is 0 Å². The highest BCUT2D eigenvalue weighted by atomic mass is 16.5. The third kappa shape index (κ3) is 19.0. The van der Waals surface area contributed by atoms with Crippen LogP contribution in [-0.2, 0) is 9.53 Å². The molecule has 0 amide bonds. The summed E-state index contributed by atoms with van der Waals surface area (Å²) in [4.78, 5) is 12.9. The second-order valence-electron chi connectivity index (χ2n) is 10.6. The Labute approximate surface area is 203 Å². The summed E-state index contributed by atoms with van der Waals surface area (Å²) in [7, 11) is 0. The van der Waals surface area contributed by atoms with Crippen LogP contribution in [0.15, 0.2) is 0 Å². The van der Waals surface area contributed by atoms with Gasteiger partial charge in [0.1, 0.15) is 0 Å². The SMILES string of the molecule is CCCCCCCCCCCCCCOC(=O)C(C)(CCCCC)CCCCCCCC. The standard InChI is InChI=1S/C30H60O2/c1-5-8-11-13-15-16-17-18-19-20-22-25-28-32-29(31)30(4,26-23-10-7-3)27-24-21-14-12-9-6-2/h5-28H2,1-4H3. The zero-order valence-corrected chi connectivity index (χ0v) is 22.8. The molecule has 0 saturated heterocycles. The van der Waals surface area contributed by atoms with Crippen molar-refractivity contribution < 1.29 is 9.53 Å². The van der Waals surface area contributed by atoms with Gasteiger partial charge in [0.25, 0.3) is 0 Å². The smallest absolute Gasteiger partial charge is 0.311 e. The van der Waals surface area contributed by atoms with Crippen molar-refractivity contribution in [3.05, 3.63) is 0 Å². The molecule has 0 rings (SSSR count). The van der Waals surface area contributed by atoms with Gasteiger partial charge in [0.05, 0.1) is 12.0 Å². The van der Waals surface area contributed by atoms with Crippen LogP contribution in [0.4, 0.5) is 0 Å². The molecular weight excluding hydrogens is 392 g/mol. The minimum Gasteiger partial charge on any atom is -0.465 e. The largest absolute Gasteiger partial charge is 0.465 e. The fourth-order valence-corrected chi connectivity index (χ4v) is 4.67. The summed E-state index contributed by atoms with van der Waals surface area (Å²) in [5.41, 5.74) is -0.267. The highest BCUT2D eigenvalue weighted by Gasteiger charge is 2.33. The molecule has 0 aliphatic heterocycles. The van der Waals surface area contributed by atoms with Gasteiger partial charge in [0.15, 0.2) is 0 Å². The quantitative estimate of drug-likeness (QED) is 0.102. The number of esters is 1. The first-order valence-electron chi connectivity index (χ1n) is 14.8. The number of unbranched alkanes of at least 4 members (excludes halogenated alkanes) is 18. The van der Waals surface area contributed by atoms with Crippen molar-refractivity contribution in [2.75, 3.05) is 6.61 Å². The monoisotopic (exact) mass is 452 g/mol. The van der Waals surface area contributed by atoms with Crippen LogP contribution in [0, 0.1) is 5.41 Å². The molecule has 0 saturated carbocycles. The van der Waals surface area contributed by atoms with Crippen LogP contribution in [0.25, 0.3) is 0 Å². The van der Waals surface area contributed by atoms with Crippen molar-refractivity contribution in [2.24, 2.45) is 5.41 Å². The van der Waals surface area contributed by atoms with Crippen molar-refractivity contribution in [2.45, 2.75) is 175 Å². The summed E-state index contributed by atoms with van der Waals surface area (Å²) in [6.45, 7) is 9.56.